The number of carbonyl (C=O) groups is 1. The second-order valence-electron chi connectivity index (χ2n) is 6.40. The molecule has 0 aliphatic heterocycles. The summed E-state index contributed by atoms with van der Waals surface area (Å²) in [7, 11) is -1.33. The molecule has 2 rings (SSSR count). The Hall–Kier alpha value is -1.98. The van der Waals surface area contributed by atoms with E-state index >= 15 is 0 Å². The molecule has 26 heavy (non-hydrogen) atoms. The molecule has 1 amide bonds. The Morgan fingerprint density at radius 1 is 1.08 bits per heavy atom. The van der Waals surface area contributed by atoms with Crippen LogP contribution < -0.4 is 4.74 Å². The van der Waals surface area contributed by atoms with Crippen molar-refractivity contribution in [1.29, 1.82) is 0 Å². The number of quaternary nitrogens is 1. The third-order valence-corrected chi connectivity index (χ3v) is 6.21. The van der Waals surface area contributed by atoms with Crippen molar-refractivity contribution >= 4 is 13.7 Å². The van der Waals surface area contributed by atoms with Gasteiger partial charge in [-0.3, -0.25) is 9.42 Å². The number of amides is 1. The number of hydrogen-bond donors (Lipinski definition) is 1. The number of benzene rings is 2. The Labute approximate surface area is 154 Å². The first-order chi connectivity index (χ1) is 12.2. The molecule has 0 aliphatic rings. The van der Waals surface area contributed by atoms with Crippen molar-refractivity contribution in [1.82, 2.24) is 0 Å². The van der Waals surface area contributed by atoms with Crippen LogP contribution in [0.15, 0.2) is 54.6 Å². The maximum absolute atomic E-state index is 12.2. The van der Waals surface area contributed by atoms with Gasteiger partial charge >= 0.3 is 13.7 Å². The predicted octanol–water partition coefficient (Wildman–Crippen LogP) is 4.15. The molecule has 0 spiro atoms. The van der Waals surface area contributed by atoms with E-state index in [4.69, 9.17) is 9.26 Å². The average Bonchev–Trinajstić information content (AvgIpc) is 2.60. The molecular formula is C19H25NO5P+. The van der Waals surface area contributed by atoms with Crippen molar-refractivity contribution in [2.45, 2.75) is 19.8 Å². The summed E-state index contributed by atoms with van der Waals surface area (Å²) in [4.78, 5) is 21.5. The summed E-state index contributed by atoms with van der Waals surface area (Å²) in [6.07, 6.45) is 1.22. The zero-order valence-corrected chi connectivity index (χ0v) is 16.2. The molecule has 7 heteroatoms. The highest BCUT2D eigenvalue weighted by Gasteiger charge is 2.45. The zero-order valence-electron chi connectivity index (χ0n) is 15.3. The molecule has 0 saturated carbocycles. The fourth-order valence-corrected chi connectivity index (χ4v) is 3.18. The van der Waals surface area contributed by atoms with Gasteiger partial charge in [-0.2, -0.15) is 4.25 Å². The maximum Gasteiger partial charge on any atom is 0.536 e. The van der Waals surface area contributed by atoms with Crippen LogP contribution in [0.2, 0.25) is 0 Å². The average molecular weight is 378 g/mol. The van der Waals surface area contributed by atoms with Crippen LogP contribution in [0.5, 0.6) is 11.5 Å². The molecule has 0 bridgehead atoms. The van der Waals surface area contributed by atoms with Gasteiger partial charge in [-0.1, -0.05) is 30.3 Å². The van der Waals surface area contributed by atoms with Gasteiger partial charge in [-0.05, 0) is 42.7 Å². The summed E-state index contributed by atoms with van der Waals surface area (Å²) in [5.41, 5.74) is 1.04. The van der Waals surface area contributed by atoms with E-state index in [0.29, 0.717) is 12.8 Å². The number of aryl methyl sites for hydroxylation is 1. The molecule has 0 fully saturated rings. The molecule has 1 N–H and O–H groups in total. The van der Waals surface area contributed by atoms with Crippen molar-refractivity contribution in [2.75, 3.05) is 20.7 Å². The van der Waals surface area contributed by atoms with Gasteiger partial charge in [0.1, 0.15) is 11.5 Å². The molecule has 0 saturated heterocycles. The lowest BCUT2D eigenvalue weighted by atomic mass is 10.1. The van der Waals surface area contributed by atoms with Crippen molar-refractivity contribution in [3.63, 3.8) is 0 Å². The van der Waals surface area contributed by atoms with Gasteiger partial charge < -0.3 is 4.74 Å². The van der Waals surface area contributed by atoms with Crippen LogP contribution in [0.4, 0.5) is 0 Å². The van der Waals surface area contributed by atoms with Gasteiger partial charge in [0, 0.05) is 0 Å². The summed E-state index contributed by atoms with van der Waals surface area (Å²) in [5, 5.41) is 0. The minimum Gasteiger partial charge on any atom is -0.457 e. The van der Waals surface area contributed by atoms with Crippen molar-refractivity contribution in [2.24, 2.45) is 0 Å². The quantitative estimate of drug-likeness (QED) is 0.552. The van der Waals surface area contributed by atoms with E-state index in [1.807, 2.05) is 54.6 Å². The van der Waals surface area contributed by atoms with Gasteiger partial charge in [0.2, 0.25) is 0 Å². The molecule has 0 aromatic heterocycles. The molecule has 2 aromatic rings. The maximum atomic E-state index is 12.2. The van der Waals surface area contributed by atoms with E-state index < -0.39 is 17.9 Å². The highest BCUT2D eigenvalue weighted by atomic mass is 31.2. The Morgan fingerprint density at radius 3 is 2.38 bits per heavy atom. The Morgan fingerprint density at radius 2 is 1.73 bits per heavy atom. The Bertz CT molecular complexity index is 792. The third kappa shape index (κ3) is 5.26. The lowest BCUT2D eigenvalue weighted by Gasteiger charge is -2.28. The van der Waals surface area contributed by atoms with E-state index in [1.54, 1.807) is 0 Å². The minimum atomic E-state index is -4.06. The van der Waals surface area contributed by atoms with Crippen molar-refractivity contribution < 1.29 is 27.8 Å². The SMILES string of the molecule is CC(=O)[N+](C)(C)P(=O)(O)OCCCc1cccc(Oc2ccccc2)c1. The first-order valence-electron chi connectivity index (χ1n) is 8.37. The zero-order chi connectivity index (χ0) is 19.2. The first-order valence-corrected chi connectivity index (χ1v) is 9.90. The number of para-hydroxylation sites is 1. The highest BCUT2D eigenvalue weighted by Crippen LogP contribution is 2.50. The molecular weight excluding hydrogens is 353 g/mol. The van der Waals surface area contributed by atoms with Gasteiger partial charge in [-0.25, -0.2) is 9.36 Å². The number of ether oxygens (including phenoxy) is 1. The highest BCUT2D eigenvalue weighted by molar-refractivity contribution is 7.47. The first kappa shape index (κ1) is 20.3. The van der Waals surface area contributed by atoms with E-state index in [0.717, 1.165) is 17.1 Å². The van der Waals surface area contributed by atoms with Crippen LogP contribution in [0.25, 0.3) is 0 Å². The summed E-state index contributed by atoms with van der Waals surface area (Å²) in [6.45, 7) is 1.36. The van der Waals surface area contributed by atoms with Crippen LogP contribution >= 0.6 is 7.75 Å². The van der Waals surface area contributed by atoms with E-state index in [2.05, 4.69) is 0 Å². The number of carbonyl (C=O) groups excluding carboxylic acids is 1. The topological polar surface area (TPSA) is 72.8 Å². The van der Waals surface area contributed by atoms with Gasteiger partial charge in [0.25, 0.3) is 0 Å². The molecule has 0 radical (unpaired) electrons. The van der Waals surface area contributed by atoms with Crippen LogP contribution in [-0.4, -0.2) is 35.8 Å². The molecule has 1 unspecified atom stereocenters. The summed E-state index contributed by atoms with van der Waals surface area (Å²) in [6, 6.07) is 17.2. The molecule has 0 aliphatic carbocycles. The molecule has 2 aromatic carbocycles. The number of hydrogen-bond acceptors (Lipinski definition) is 4. The van der Waals surface area contributed by atoms with Crippen LogP contribution in [-0.2, 0) is 20.3 Å². The van der Waals surface area contributed by atoms with E-state index in [1.165, 1.54) is 21.0 Å². The van der Waals surface area contributed by atoms with Gasteiger partial charge in [0.15, 0.2) is 0 Å². The van der Waals surface area contributed by atoms with Gasteiger partial charge in [0.05, 0.1) is 27.6 Å². The largest absolute Gasteiger partial charge is 0.536 e. The Balaban J connectivity index is 1.88. The molecule has 140 valence electrons. The molecule has 0 heterocycles. The second-order valence-corrected chi connectivity index (χ2v) is 8.64. The van der Waals surface area contributed by atoms with E-state index in [-0.39, 0.29) is 6.61 Å². The van der Waals surface area contributed by atoms with Crippen molar-refractivity contribution in [3.8, 4) is 11.5 Å². The fourth-order valence-electron chi connectivity index (χ4n) is 2.17. The lowest BCUT2D eigenvalue weighted by molar-refractivity contribution is -0.700. The monoisotopic (exact) mass is 378 g/mol. The standard InChI is InChI=1S/C19H24NO5P/c1-16(21)20(2,3)26(22,23)24-14-8-10-17-9-7-13-19(15-17)25-18-11-5-4-6-12-18/h4-7,9,11-13,15H,8,10,14H2,1-3H3/p+1. The number of nitrogens with zero attached hydrogens (tertiary/aromatic N) is 1. The summed E-state index contributed by atoms with van der Waals surface area (Å²) < 4.78 is 22.5. The molecule has 6 nitrogen and oxygen atoms in total. The Kier molecular flexibility index (Phi) is 6.73. The van der Waals surface area contributed by atoms with Crippen LogP contribution in [0.3, 0.4) is 0 Å². The minimum absolute atomic E-state index is 0.0898. The predicted molar refractivity (Wildman–Crippen MR) is 99.8 cm³/mol. The lowest BCUT2D eigenvalue weighted by Crippen LogP contribution is -2.41. The van der Waals surface area contributed by atoms with Crippen LogP contribution in [0, 0.1) is 0 Å². The third-order valence-electron chi connectivity index (χ3n) is 4.15. The molecule has 1 atom stereocenters. The summed E-state index contributed by atoms with van der Waals surface area (Å²) >= 11 is 0. The van der Waals surface area contributed by atoms with Crippen molar-refractivity contribution in [3.05, 3.63) is 60.2 Å². The second kappa shape index (κ2) is 8.60. The normalized spacial score (nSPS) is 13.8. The van der Waals surface area contributed by atoms with Crippen LogP contribution in [0.1, 0.15) is 18.9 Å². The van der Waals surface area contributed by atoms with E-state index in [9.17, 15) is 14.3 Å². The fraction of sp³-hybridized carbons (Fsp3) is 0.316. The summed E-state index contributed by atoms with van der Waals surface area (Å²) in [5.74, 6) is 1.07. The van der Waals surface area contributed by atoms with Gasteiger partial charge in [-0.15, -0.1) is 0 Å². The number of rotatable bonds is 8. The smallest absolute Gasteiger partial charge is 0.457 e.